The van der Waals surface area contributed by atoms with E-state index in [1.807, 2.05) is 48.5 Å². The van der Waals surface area contributed by atoms with E-state index in [4.69, 9.17) is 5.26 Å². The van der Waals surface area contributed by atoms with Gasteiger partial charge in [-0.1, -0.05) is 36.4 Å². The van der Waals surface area contributed by atoms with E-state index >= 15 is 0 Å². The molecule has 0 saturated heterocycles. The van der Waals surface area contributed by atoms with Gasteiger partial charge in [-0.25, -0.2) is 0 Å². The zero-order valence-corrected chi connectivity index (χ0v) is 8.88. The van der Waals surface area contributed by atoms with E-state index in [9.17, 15) is 0 Å². The summed E-state index contributed by atoms with van der Waals surface area (Å²) in [4.78, 5) is 4.22. The maximum Gasteiger partial charge on any atom is 0.0924 e. The average Bonchev–Trinajstić information content (AvgIpc) is 2.38. The van der Waals surface area contributed by atoms with E-state index in [-0.39, 0.29) is 5.92 Å². The Morgan fingerprint density at radius 2 is 1.81 bits per heavy atom. The molecule has 0 N–H and O–H groups in total. The third-order valence-corrected chi connectivity index (χ3v) is 2.48. The molecule has 1 aromatic heterocycles. The van der Waals surface area contributed by atoms with E-state index in [1.54, 1.807) is 6.20 Å². The maximum absolute atomic E-state index is 9.15. The molecule has 1 atom stereocenters. The molecule has 0 amide bonds. The first-order valence-corrected chi connectivity index (χ1v) is 5.24. The quantitative estimate of drug-likeness (QED) is 0.777. The van der Waals surface area contributed by atoms with E-state index in [0.717, 1.165) is 5.69 Å². The predicted octanol–water partition coefficient (Wildman–Crippen LogP) is 2.93. The molecule has 78 valence electrons. The molecule has 16 heavy (non-hydrogen) atoms. The van der Waals surface area contributed by atoms with Crippen molar-refractivity contribution in [2.75, 3.05) is 0 Å². The van der Waals surface area contributed by atoms with Crippen molar-refractivity contribution in [3.63, 3.8) is 0 Å². The Morgan fingerprint density at radius 1 is 1.06 bits per heavy atom. The molecule has 0 spiro atoms. The SMILES string of the molecule is N#C[C@H](Cc1ccccc1)c1ccccn1. The van der Waals surface area contributed by atoms with E-state index in [2.05, 4.69) is 11.1 Å². The number of benzene rings is 1. The molecule has 2 aromatic rings. The van der Waals surface area contributed by atoms with Crippen molar-refractivity contribution < 1.29 is 0 Å². The summed E-state index contributed by atoms with van der Waals surface area (Å²) in [6, 6.07) is 18.0. The lowest BCUT2D eigenvalue weighted by atomic mass is 9.97. The van der Waals surface area contributed by atoms with Crippen molar-refractivity contribution in [3.05, 3.63) is 66.0 Å². The van der Waals surface area contributed by atoms with Gasteiger partial charge in [-0.15, -0.1) is 0 Å². The van der Waals surface area contributed by atoms with Gasteiger partial charge < -0.3 is 0 Å². The predicted molar refractivity (Wildman–Crippen MR) is 62.7 cm³/mol. The van der Waals surface area contributed by atoms with Crippen LogP contribution in [0.2, 0.25) is 0 Å². The van der Waals surface area contributed by atoms with Crippen LogP contribution < -0.4 is 0 Å². The minimum Gasteiger partial charge on any atom is -0.260 e. The maximum atomic E-state index is 9.15. The first-order valence-electron chi connectivity index (χ1n) is 5.24. The molecule has 0 saturated carbocycles. The van der Waals surface area contributed by atoms with Crippen LogP contribution in [0, 0.1) is 11.3 Å². The number of nitrogens with zero attached hydrogens (tertiary/aromatic N) is 2. The Morgan fingerprint density at radius 3 is 2.44 bits per heavy atom. The van der Waals surface area contributed by atoms with Gasteiger partial charge in [0.2, 0.25) is 0 Å². The number of rotatable bonds is 3. The summed E-state index contributed by atoms with van der Waals surface area (Å²) in [5.41, 5.74) is 2.01. The van der Waals surface area contributed by atoms with Gasteiger partial charge in [-0.05, 0) is 24.1 Å². The van der Waals surface area contributed by atoms with Gasteiger partial charge in [0.25, 0.3) is 0 Å². The van der Waals surface area contributed by atoms with Crippen LogP contribution in [-0.2, 0) is 6.42 Å². The molecule has 0 aliphatic heterocycles. The molecule has 2 heteroatoms. The minimum atomic E-state index is -0.163. The highest BCUT2D eigenvalue weighted by Gasteiger charge is 2.11. The summed E-state index contributed by atoms with van der Waals surface area (Å²) in [5, 5.41) is 9.15. The molecule has 0 radical (unpaired) electrons. The Hall–Kier alpha value is -2.14. The van der Waals surface area contributed by atoms with Crippen molar-refractivity contribution in [1.29, 1.82) is 5.26 Å². The van der Waals surface area contributed by atoms with Crippen molar-refractivity contribution >= 4 is 0 Å². The number of hydrogen-bond acceptors (Lipinski definition) is 2. The lowest BCUT2D eigenvalue weighted by Gasteiger charge is -2.07. The molecule has 0 fully saturated rings. The fraction of sp³-hybridized carbons (Fsp3) is 0.143. The first-order chi connectivity index (χ1) is 7.90. The fourth-order valence-electron chi connectivity index (χ4n) is 1.65. The third kappa shape index (κ3) is 2.46. The summed E-state index contributed by atoms with van der Waals surface area (Å²) in [6.07, 6.45) is 2.44. The Bertz CT molecular complexity index is 471. The van der Waals surface area contributed by atoms with Crippen LogP contribution in [0.4, 0.5) is 0 Å². The van der Waals surface area contributed by atoms with Gasteiger partial charge in [-0.2, -0.15) is 5.26 Å². The number of pyridine rings is 1. The highest BCUT2D eigenvalue weighted by Crippen LogP contribution is 2.17. The second kappa shape index (κ2) is 5.09. The van der Waals surface area contributed by atoms with E-state index in [0.29, 0.717) is 6.42 Å². The van der Waals surface area contributed by atoms with Crippen LogP contribution >= 0.6 is 0 Å². The van der Waals surface area contributed by atoms with Crippen molar-refractivity contribution in [1.82, 2.24) is 4.98 Å². The van der Waals surface area contributed by atoms with Crippen LogP contribution in [0.5, 0.6) is 0 Å². The third-order valence-electron chi connectivity index (χ3n) is 2.48. The second-order valence-electron chi connectivity index (χ2n) is 3.63. The lowest BCUT2D eigenvalue weighted by Crippen LogP contribution is -2.02. The van der Waals surface area contributed by atoms with Crippen LogP contribution in [-0.4, -0.2) is 4.98 Å². The summed E-state index contributed by atoms with van der Waals surface area (Å²) in [7, 11) is 0. The van der Waals surface area contributed by atoms with E-state index in [1.165, 1.54) is 5.56 Å². The highest BCUT2D eigenvalue weighted by molar-refractivity contribution is 5.23. The average molecular weight is 208 g/mol. The number of nitriles is 1. The van der Waals surface area contributed by atoms with Gasteiger partial charge in [0.15, 0.2) is 0 Å². The lowest BCUT2D eigenvalue weighted by molar-refractivity contribution is 0.814. The molecular formula is C14H12N2. The van der Waals surface area contributed by atoms with Gasteiger partial charge in [0.1, 0.15) is 0 Å². The molecule has 2 rings (SSSR count). The van der Waals surface area contributed by atoms with Gasteiger partial charge in [0, 0.05) is 6.20 Å². The molecule has 0 unspecified atom stereocenters. The van der Waals surface area contributed by atoms with Crippen LogP contribution in [0.25, 0.3) is 0 Å². The van der Waals surface area contributed by atoms with Crippen LogP contribution in [0.15, 0.2) is 54.7 Å². The molecule has 1 aromatic carbocycles. The van der Waals surface area contributed by atoms with Crippen molar-refractivity contribution in [2.24, 2.45) is 0 Å². The largest absolute Gasteiger partial charge is 0.260 e. The molecule has 2 nitrogen and oxygen atoms in total. The van der Waals surface area contributed by atoms with Crippen molar-refractivity contribution in [3.8, 4) is 6.07 Å². The smallest absolute Gasteiger partial charge is 0.0924 e. The Balaban J connectivity index is 2.17. The number of hydrogen-bond donors (Lipinski definition) is 0. The van der Waals surface area contributed by atoms with E-state index < -0.39 is 0 Å². The number of aromatic nitrogens is 1. The van der Waals surface area contributed by atoms with Gasteiger partial charge >= 0.3 is 0 Å². The molecular weight excluding hydrogens is 196 g/mol. The fourth-order valence-corrected chi connectivity index (χ4v) is 1.65. The summed E-state index contributed by atoms with van der Waals surface area (Å²) in [6.45, 7) is 0. The Kier molecular flexibility index (Phi) is 3.30. The minimum absolute atomic E-state index is 0.163. The molecule has 1 heterocycles. The van der Waals surface area contributed by atoms with Crippen molar-refractivity contribution in [2.45, 2.75) is 12.3 Å². The normalized spacial score (nSPS) is 11.7. The topological polar surface area (TPSA) is 36.7 Å². The molecule has 0 bridgehead atoms. The molecule has 0 aliphatic carbocycles. The summed E-state index contributed by atoms with van der Waals surface area (Å²) < 4.78 is 0. The summed E-state index contributed by atoms with van der Waals surface area (Å²) in [5.74, 6) is -0.163. The monoisotopic (exact) mass is 208 g/mol. The summed E-state index contributed by atoms with van der Waals surface area (Å²) >= 11 is 0. The molecule has 0 aliphatic rings. The zero-order chi connectivity index (χ0) is 11.2. The van der Waals surface area contributed by atoms with Gasteiger partial charge in [-0.3, -0.25) is 4.98 Å². The standard InChI is InChI=1S/C14H12N2/c15-11-13(14-8-4-5-9-16-14)10-12-6-2-1-3-7-12/h1-9,13H,10H2/t13-/m0/s1. The first kappa shape index (κ1) is 10.4. The van der Waals surface area contributed by atoms with Crippen LogP contribution in [0.1, 0.15) is 17.2 Å². The highest BCUT2D eigenvalue weighted by atomic mass is 14.7. The van der Waals surface area contributed by atoms with Crippen LogP contribution in [0.3, 0.4) is 0 Å². The zero-order valence-electron chi connectivity index (χ0n) is 8.88. The second-order valence-corrected chi connectivity index (χ2v) is 3.63. The Labute approximate surface area is 95.2 Å². The van der Waals surface area contributed by atoms with Gasteiger partial charge in [0.05, 0.1) is 17.7 Å².